The Morgan fingerprint density at radius 2 is 2.38 bits per heavy atom. The van der Waals surface area contributed by atoms with Gasteiger partial charge in [-0.15, -0.1) is 5.10 Å². The van der Waals surface area contributed by atoms with Gasteiger partial charge in [-0.3, -0.25) is 0 Å². The number of benzene rings is 1. The summed E-state index contributed by atoms with van der Waals surface area (Å²) in [6.07, 6.45) is 1.52. The molecule has 1 aromatic heterocycles. The lowest BCUT2D eigenvalue weighted by Crippen LogP contribution is -1.94. The Labute approximate surface area is 75.0 Å². The first-order valence-electron chi connectivity index (χ1n) is 3.69. The molecule has 0 atom stereocenters. The van der Waals surface area contributed by atoms with Gasteiger partial charge in [0.05, 0.1) is 12.8 Å². The molecule has 0 aliphatic rings. The van der Waals surface area contributed by atoms with E-state index < -0.39 is 0 Å². The van der Waals surface area contributed by atoms with Crippen molar-refractivity contribution in [2.75, 3.05) is 7.11 Å². The van der Waals surface area contributed by atoms with Crippen LogP contribution in [0.3, 0.4) is 0 Å². The molecule has 1 aromatic carbocycles. The summed E-state index contributed by atoms with van der Waals surface area (Å²) < 4.78 is 6.52. The molecular formula is C8H7N4O. The van der Waals surface area contributed by atoms with Gasteiger partial charge in [-0.1, -0.05) is 0 Å². The Morgan fingerprint density at radius 3 is 2.92 bits per heavy atom. The van der Waals surface area contributed by atoms with E-state index in [9.17, 15) is 0 Å². The summed E-state index contributed by atoms with van der Waals surface area (Å²) in [6.45, 7) is 0. The summed E-state index contributed by atoms with van der Waals surface area (Å²) >= 11 is 0. The number of ether oxygens (including phenoxy) is 1. The van der Waals surface area contributed by atoms with Crippen LogP contribution in [0, 0.1) is 6.07 Å². The highest BCUT2D eigenvalue weighted by molar-refractivity contribution is 5.34. The molecule has 0 amide bonds. The Morgan fingerprint density at radius 1 is 1.46 bits per heavy atom. The van der Waals surface area contributed by atoms with E-state index in [0.29, 0.717) is 5.75 Å². The van der Waals surface area contributed by atoms with Crippen LogP contribution in [-0.2, 0) is 0 Å². The molecule has 2 aromatic rings. The predicted octanol–water partition coefficient (Wildman–Crippen LogP) is 0.471. The molecule has 0 aliphatic heterocycles. The lowest BCUT2D eigenvalue weighted by atomic mass is 10.3. The van der Waals surface area contributed by atoms with Crippen LogP contribution in [0.25, 0.3) is 5.69 Å². The molecule has 5 nitrogen and oxygen atoms in total. The zero-order chi connectivity index (χ0) is 9.10. The predicted molar refractivity (Wildman–Crippen MR) is 44.5 cm³/mol. The molecule has 0 N–H and O–H groups in total. The highest BCUT2D eigenvalue weighted by Gasteiger charge is 1.97. The first-order chi connectivity index (χ1) is 6.40. The van der Waals surface area contributed by atoms with Crippen LogP contribution in [0.4, 0.5) is 0 Å². The molecule has 5 heteroatoms. The summed E-state index contributed by atoms with van der Waals surface area (Å²) in [4.78, 5) is 0. The minimum absolute atomic E-state index is 0.692. The first-order valence-corrected chi connectivity index (χ1v) is 3.69. The van der Waals surface area contributed by atoms with Crippen molar-refractivity contribution in [1.82, 2.24) is 20.2 Å². The third kappa shape index (κ3) is 1.48. The number of hydrogen-bond donors (Lipinski definition) is 0. The summed E-state index contributed by atoms with van der Waals surface area (Å²) in [7, 11) is 1.60. The van der Waals surface area contributed by atoms with Crippen LogP contribution < -0.4 is 4.74 Å². The Hall–Kier alpha value is -1.91. The van der Waals surface area contributed by atoms with Crippen molar-refractivity contribution >= 4 is 0 Å². The van der Waals surface area contributed by atoms with E-state index in [-0.39, 0.29) is 0 Å². The Bertz CT molecular complexity index is 368. The monoisotopic (exact) mass is 175 g/mol. The van der Waals surface area contributed by atoms with Crippen molar-refractivity contribution in [1.29, 1.82) is 0 Å². The van der Waals surface area contributed by atoms with Crippen molar-refractivity contribution in [3.05, 3.63) is 30.6 Å². The fraction of sp³-hybridized carbons (Fsp3) is 0.125. The maximum absolute atomic E-state index is 4.97. The number of tetrazole rings is 1. The van der Waals surface area contributed by atoms with Crippen molar-refractivity contribution in [3.63, 3.8) is 0 Å². The van der Waals surface area contributed by atoms with Crippen molar-refractivity contribution in [2.24, 2.45) is 0 Å². The zero-order valence-corrected chi connectivity index (χ0v) is 7.01. The fourth-order valence-corrected chi connectivity index (χ4v) is 0.951. The minimum Gasteiger partial charge on any atom is -0.496 e. The number of nitrogens with zero attached hydrogens (tertiary/aromatic N) is 4. The van der Waals surface area contributed by atoms with Crippen molar-refractivity contribution in [2.45, 2.75) is 0 Å². The minimum atomic E-state index is 0.692. The quantitative estimate of drug-likeness (QED) is 0.665. The molecule has 0 fully saturated rings. The van der Waals surface area contributed by atoms with Crippen molar-refractivity contribution < 1.29 is 4.74 Å². The second-order valence-corrected chi connectivity index (χ2v) is 2.37. The number of aromatic nitrogens is 4. The Kier molecular flexibility index (Phi) is 1.91. The zero-order valence-electron chi connectivity index (χ0n) is 7.01. The molecule has 0 unspecified atom stereocenters. The SMILES string of the molecule is COc1[c]cc(-n2cnnn2)cc1. The largest absolute Gasteiger partial charge is 0.496 e. The van der Waals surface area contributed by atoms with Crippen LogP contribution in [0.15, 0.2) is 24.5 Å². The maximum atomic E-state index is 4.97. The summed E-state index contributed by atoms with van der Waals surface area (Å²) in [5.74, 6) is 0.692. The van der Waals surface area contributed by atoms with Gasteiger partial charge in [-0.2, -0.15) is 0 Å². The van der Waals surface area contributed by atoms with Crippen LogP contribution in [-0.4, -0.2) is 27.3 Å². The van der Waals surface area contributed by atoms with Gasteiger partial charge in [0, 0.05) is 6.07 Å². The molecule has 0 aliphatic carbocycles. The first kappa shape index (κ1) is 7.72. The van der Waals surface area contributed by atoms with E-state index >= 15 is 0 Å². The van der Waals surface area contributed by atoms with E-state index in [2.05, 4.69) is 21.6 Å². The molecule has 13 heavy (non-hydrogen) atoms. The smallest absolute Gasteiger partial charge is 0.143 e. The van der Waals surface area contributed by atoms with Crippen LogP contribution in [0.1, 0.15) is 0 Å². The molecule has 65 valence electrons. The number of methoxy groups -OCH3 is 1. The third-order valence-corrected chi connectivity index (χ3v) is 1.60. The number of hydrogen-bond acceptors (Lipinski definition) is 4. The molecule has 0 saturated heterocycles. The van der Waals surface area contributed by atoms with Gasteiger partial charge in [-0.25, -0.2) is 4.68 Å². The van der Waals surface area contributed by atoms with E-state index in [1.165, 1.54) is 6.33 Å². The van der Waals surface area contributed by atoms with Crippen molar-refractivity contribution in [3.8, 4) is 11.4 Å². The summed E-state index contributed by atoms with van der Waals surface area (Å²) in [6, 6.07) is 8.35. The van der Waals surface area contributed by atoms with Gasteiger partial charge >= 0.3 is 0 Å². The van der Waals surface area contributed by atoms with E-state index in [0.717, 1.165) is 5.69 Å². The molecule has 2 rings (SSSR count). The van der Waals surface area contributed by atoms with Gasteiger partial charge in [0.1, 0.15) is 12.1 Å². The summed E-state index contributed by atoms with van der Waals surface area (Å²) in [5, 5.41) is 10.8. The van der Waals surface area contributed by atoms with Gasteiger partial charge in [0.25, 0.3) is 0 Å². The van der Waals surface area contributed by atoms with E-state index in [1.807, 2.05) is 6.07 Å². The average Bonchev–Trinajstić information content (AvgIpc) is 2.71. The number of rotatable bonds is 2. The molecule has 1 radical (unpaired) electrons. The van der Waals surface area contributed by atoms with Gasteiger partial charge in [0.2, 0.25) is 0 Å². The fourth-order valence-electron chi connectivity index (χ4n) is 0.951. The van der Waals surface area contributed by atoms with E-state index in [1.54, 1.807) is 23.9 Å². The van der Waals surface area contributed by atoms with Crippen LogP contribution in [0.5, 0.6) is 5.75 Å². The van der Waals surface area contributed by atoms with Crippen LogP contribution in [0.2, 0.25) is 0 Å². The molecule has 0 saturated carbocycles. The third-order valence-electron chi connectivity index (χ3n) is 1.60. The highest BCUT2D eigenvalue weighted by Crippen LogP contribution is 2.12. The second-order valence-electron chi connectivity index (χ2n) is 2.37. The topological polar surface area (TPSA) is 52.8 Å². The molecular weight excluding hydrogens is 168 g/mol. The second kappa shape index (κ2) is 3.22. The molecule has 1 heterocycles. The van der Waals surface area contributed by atoms with Gasteiger partial charge < -0.3 is 4.74 Å². The standard InChI is InChI=1S/C8H7N4O/c1-13-8-4-2-7(3-5-8)12-6-9-10-11-12/h2-4,6H,1H3. The lowest BCUT2D eigenvalue weighted by molar-refractivity contribution is 0.414. The Balaban J connectivity index is 2.33. The van der Waals surface area contributed by atoms with Gasteiger partial charge in [-0.05, 0) is 28.6 Å². The lowest BCUT2D eigenvalue weighted by Gasteiger charge is -2.00. The highest BCUT2D eigenvalue weighted by atomic mass is 16.5. The molecule has 0 bridgehead atoms. The summed E-state index contributed by atoms with van der Waals surface area (Å²) in [5.41, 5.74) is 0.853. The molecule has 0 spiro atoms. The van der Waals surface area contributed by atoms with Gasteiger partial charge in [0.15, 0.2) is 0 Å². The normalized spacial score (nSPS) is 9.92. The maximum Gasteiger partial charge on any atom is 0.143 e. The van der Waals surface area contributed by atoms with E-state index in [4.69, 9.17) is 4.74 Å². The average molecular weight is 175 g/mol. The van der Waals surface area contributed by atoms with Crippen LogP contribution >= 0.6 is 0 Å².